The molecule has 1 amide bonds. The molecule has 1 aromatic carbocycles. The van der Waals surface area contributed by atoms with Crippen molar-refractivity contribution in [2.45, 2.75) is 25.4 Å². The molecular weight excluding hydrogens is 328 g/mol. The molecule has 1 aromatic rings. The van der Waals surface area contributed by atoms with Crippen LogP contribution in [0.25, 0.3) is 6.08 Å². The fourth-order valence-electron chi connectivity index (χ4n) is 1.44. The summed E-state index contributed by atoms with van der Waals surface area (Å²) in [4.78, 5) is 10.6. The van der Waals surface area contributed by atoms with Gasteiger partial charge in [0, 0.05) is 13.5 Å². The number of carbonyl (C=O) groups excluding carboxylic acids is 1. The van der Waals surface area contributed by atoms with Crippen LogP contribution in [0.15, 0.2) is 30.3 Å². The molecule has 0 saturated heterocycles. The SMILES string of the molecule is CC(=O)NCC=Cc1ccc(OC(F)(F)[C@H](F)C(F)(F)F)cc1. The van der Waals surface area contributed by atoms with E-state index >= 15 is 0 Å². The van der Waals surface area contributed by atoms with Crippen LogP contribution in [0, 0.1) is 0 Å². The maximum atomic E-state index is 13.1. The van der Waals surface area contributed by atoms with Crippen molar-refractivity contribution in [2.24, 2.45) is 0 Å². The zero-order valence-corrected chi connectivity index (χ0v) is 11.8. The monoisotopic (exact) mass is 341 g/mol. The molecule has 0 spiro atoms. The van der Waals surface area contributed by atoms with Gasteiger partial charge in [0.2, 0.25) is 5.91 Å². The number of hydrogen-bond donors (Lipinski definition) is 1. The second kappa shape index (κ2) is 7.38. The van der Waals surface area contributed by atoms with Gasteiger partial charge in [-0.1, -0.05) is 24.3 Å². The molecule has 0 radical (unpaired) electrons. The predicted octanol–water partition coefficient (Wildman–Crippen LogP) is 3.71. The van der Waals surface area contributed by atoms with Crippen LogP contribution < -0.4 is 10.1 Å². The second-order valence-corrected chi connectivity index (χ2v) is 4.48. The molecule has 0 aliphatic heterocycles. The average molecular weight is 341 g/mol. The van der Waals surface area contributed by atoms with Crippen molar-refractivity contribution in [3.05, 3.63) is 35.9 Å². The summed E-state index contributed by atoms with van der Waals surface area (Å²) in [5.74, 6) is -0.841. The number of amides is 1. The van der Waals surface area contributed by atoms with Crippen LogP contribution in [0.3, 0.4) is 0 Å². The van der Waals surface area contributed by atoms with E-state index in [-0.39, 0.29) is 12.5 Å². The molecule has 0 heterocycles. The molecule has 128 valence electrons. The van der Waals surface area contributed by atoms with Gasteiger partial charge in [-0.3, -0.25) is 4.79 Å². The molecule has 0 fully saturated rings. The zero-order chi connectivity index (χ0) is 17.7. The Bertz CT molecular complexity index is 553. The van der Waals surface area contributed by atoms with Gasteiger partial charge in [0.1, 0.15) is 5.75 Å². The van der Waals surface area contributed by atoms with Gasteiger partial charge in [0.05, 0.1) is 0 Å². The quantitative estimate of drug-likeness (QED) is 0.801. The number of alkyl halides is 6. The minimum absolute atomic E-state index is 0.230. The number of nitrogens with one attached hydrogen (secondary N) is 1. The van der Waals surface area contributed by atoms with E-state index in [2.05, 4.69) is 10.1 Å². The molecule has 9 heteroatoms. The number of halogens is 6. The summed E-state index contributed by atoms with van der Waals surface area (Å²) in [5.41, 5.74) is 0.527. The summed E-state index contributed by atoms with van der Waals surface area (Å²) in [6, 6.07) is 4.54. The molecule has 0 saturated carbocycles. The first-order valence-electron chi connectivity index (χ1n) is 6.31. The molecule has 1 rings (SSSR count). The van der Waals surface area contributed by atoms with Crippen LogP contribution in [0.1, 0.15) is 12.5 Å². The number of rotatable bonds is 6. The van der Waals surface area contributed by atoms with Gasteiger partial charge in [-0.05, 0) is 17.7 Å². The summed E-state index contributed by atoms with van der Waals surface area (Å²) in [6.45, 7) is 1.58. The normalized spacial score (nSPS) is 13.9. The molecule has 0 unspecified atom stereocenters. The van der Waals surface area contributed by atoms with Crippen molar-refractivity contribution in [3.63, 3.8) is 0 Å². The lowest BCUT2D eigenvalue weighted by atomic mass is 10.2. The highest BCUT2D eigenvalue weighted by molar-refractivity contribution is 5.73. The van der Waals surface area contributed by atoms with Gasteiger partial charge in [-0.25, -0.2) is 4.39 Å². The number of benzene rings is 1. The standard InChI is InChI=1S/C14H13F6NO2/c1-9(22)21-8-2-3-10-4-6-11(7-5-10)23-14(19,20)12(15)13(16,17)18/h2-7,12H,8H2,1H3,(H,21,22)/t12-/m1/s1. The first-order valence-corrected chi connectivity index (χ1v) is 6.31. The first-order chi connectivity index (χ1) is 10.5. The Morgan fingerprint density at radius 2 is 1.78 bits per heavy atom. The van der Waals surface area contributed by atoms with Gasteiger partial charge >= 0.3 is 12.3 Å². The van der Waals surface area contributed by atoms with Gasteiger partial charge in [0.15, 0.2) is 0 Å². The zero-order valence-electron chi connectivity index (χ0n) is 11.8. The van der Waals surface area contributed by atoms with Gasteiger partial charge < -0.3 is 10.1 Å². The van der Waals surface area contributed by atoms with Crippen LogP contribution in [0.5, 0.6) is 5.75 Å². The topological polar surface area (TPSA) is 38.3 Å². The van der Waals surface area contributed by atoms with E-state index in [1.54, 1.807) is 12.2 Å². The largest absolute Gasteiger partial charge is 0.439 e. The summed E-state index contributed by atoms with van der Waals surface area (Å²) >= 11 is 0. The van der Waals surface area contributed by atoms with Gasteiger partial charge in [-0.2, -0.15) is 22.0 Å². The lowest BCUT2D eigenvalue weighted by molar-refractivity contribution is -0.304. The Morgan fingerprint density at radius 3 is 2.26 bits per heavy atom. The Hall–Kier alpha value is -2.19. The summed E-state index contributed by atoms with van der Waals surface area (Å²) in [6.07, 6.45) is -12.1. The summed E-state index contributed by atoms with van der Waals surface area (Å²) < 4.78 is 78.5. The number of hydrogen-bond acceptors (Lipinski definition) is 2. The van der Waals surface area contributed by atoms with E-state index in [0.717, 1.165) is 12.1 Å². The first kappa shape index (κ1) is 18.9. The van der Waals surface area contributed by atoms with E-state index in [4.69, 9.17) is 0 Å². The molecule has 0 aliphatic carbocycles. The van der Waals surface area contributed by atoms with Crippen LogP contribution in [0.2, 0.25) is 0 Å². The highest BCUT2D eigenvalue weighted by Crippen LogP contribution is 2.36. The molecular formula is C14H13F6NO2. The van der Waals surface area contributed by atoms with E-state index in [1.165, 1.54) is 19.1 Å². The smallest absolute Gasteiger partial charge is 0.430 e. The minimum atomic E-state index is -5.73. The van der Waals surface area contributed by atoms with E-state index in [1.807, 2.05) is 0 Å². The van der Waals surface area contributed by atoms with Crippen molar-refractivity contribution in [1.82, 2.24) is 5.32 Å². The summed E-state index contributed by atoms with van der Waals surface area (Å²) in [7, 11) is 0. The van der Waals surface area contributed by atoms with Gasteiger partial charge in [0.25, 0.3) is 6.17 Å². The van der Waals surface area contributed by atoms with Crippen molar-refractivity contribution in [1.29, 1.82) is 0 Å². The Labute approximate surface area is 127 Å². The van der Waals surface area contributed by atoms with Gasteiger partial charge in [-0.15, -0.1) is 0 Å². The lowest BCUT2D eigenvalue weighted by Crippen LogP contribution is -2.45. The Kier molecular flexibility index (Phi) is 6.05. The summed E-state index contributed by atoms with van der Waals surface area (Å²) in [5, 5.41) is 2.49. The van der Waals surface area contributed by atoms with E-state index < -0.39 is 24.2 Å². The third kappa shape index (κ3) is 6.21. The fraction of sp³-hybridized carbons (Fsp3) is 0.357. The molecule has 3 nitrogen and oxygen atoms in total. The maximum absolute atomic E-state index is 13.1. The van der Waals surface area contributed by atoms with Crippen LogP contribution >= 0.6 is 0 Å². The average Bonchev–Trinajstić information content (AvgIpc) is 2.43. The van der Waals surface area contributed by atoms with Crippen molar-refractivity contribution >= 4 is 12.0 Å². The van der Waals surface area contributed by atoms with E-state index in [0.29, 0.717) is 5.56 Å². The van der Waals surface area contributed by atoms with E-state index in [9.17, 15) is 31.1 Å². The van der Waals surface area contributed by atoms with Crippen LogP contribution in [-0.2, 0) is 4.79 Å². The Morgan fingerprint density at radius 1 is 1.22 bits per heavy atom. The number of ether oxygens (including phenoxy) is 1. The van der Waals surface area contributed by atoms with Crippen molar-refractivity contribution < 1.29 is 35.9 Å². The molecule has 0 aliphatic rings. The third-order valence-electron chi connectivity index (χ3n) is 2.50. The highest BCUT2D eigenvalue weighted by Gasteiger charge is 2.59. The predicted molar refractivity (Wildman–Crippen MR) is 70.7 cm³/mol. The third-order valence-corrected chi connectivity index (χ3v) is 2.50. The Balaban J connectivity index is 2.68. The van der Waals surface area contributed by atoms with Crippen molar-refractivity contribution in [2.75, 3.05) is 6.54 Å². The van der Waals surface area contributed by atoms with Crippen molar-refractivity contribution in [3.8, 4) is 5.75 Å². The minimum Gasteiger partial charge on any atom is -0.430 e. The molecule has 0 bridgehead atoms. The molecule has 23 heavy (non-hydrogen) atoms. The van der Waals surface area contributed by atoms with Crippen LogP contribution in [-0.4, -0.2) is 30.9 Å². The maximum Gasteiger partial charge on any atom is 0.439 e. The lowest BCUT2D eigenvalue weighted by Gasteiger charge is -2.23. The molecule has 1 N–H and O–H groups in total. The number of carbonyl (C=O) groups is 1. The highest BCUT2D eigenvalue weighted by atomic mass is 19.4. The second-order valence-electron chi connectivity index (χ2n) is 4.48. The fourth-order valence-corrected chi connectivity index (χ4v) is 1.44. The molecule has 0 aromatic heterocycles. The molecule has 1 atom stereocenters. The van der Waals surface area contributed by atoms with Crippen LogP contribution in [0.4, 0.5) is 26.3 Å².